The molecule has 5 N–H and O–H groups in total. The summed E-state index contributed by atoms with van der Waals surface area (Å²) < 4.78 is 25.3. The molecule has 0 unspecified atom stereocenters. The molecule has 518 valence electrons. The minimum absolute atomic E-state index is 0.00663. The number of aromatic nitrogens is 1. The molecule has 2 aromatic carbocycles. The predicted octanol–water partition coefficient (Wildman–Crippen LogP) is 3.73. The molecule has 28 nitrogen and oxygen atoms in total. The van der Waals surface area contributed by atoms with E-state index in [0.717, 1.165) is 0 Å². The van der Waals surface area contributed by atoms with E-state index in [2.05, 4.69) is 26.6 Å². The molecule has 3 aromatic rings. The number of ether oxygens (including phenoxy) is 3. The van der Waals surface area contributed by atoms with E-state index in [1.807, 2.05) is 13.8 Å². The number of cyclic esters (lactones) is 2. The predicted molar refractivity (Wildman–Crippen MR) is 347 cm³/mol. The standard InChI is InChI=1S/C67H94N12O16/c1-30(2)27-42-68-51-45(59(83)73-49-38(14)93-67(91)54(34(9)10)77(18)44(81)29-75(16)63(87)41-22-20-26-79(41)65(89)47(32(5)6)71-61(49)85)52-57(36(12)56(51)94-42)95-55-35(11)23-24-39(50(55)69-52)58(82)72-48-37(13)92-66(90)53(33(7)8)76(17)43(80)28-74(15)62(86)40-21-19-25-78(40)64(88)46(31(3)4)70-60(48)84/h23-24,30-34,37-38,40-41,46-49,53-54,69H,19-22,25-29H2,1-18H3,(H,70,84)(H,71,85)(H,72,82)(H,73,83)/t37-,38-,40+,41+,46-,47-,48+,49+,53+,54+/m1/s1. The Bertz CT molecular complexity index is 3560. The first-order valence-electron chi connectivity index (χ1n) is 32.9. The van der Waals surface area contributed by atoms with E-state index in [-0.39, 0.29) is 70.0 Å². The van der Waals surface area contributed by atoms with Crippen molar-refractivity contribution in [1.82, 2.24) is 55.7 Å². The van der Waals surface area contributed by atoms with Crippen molar-refractivity contribution in [3.63, 3.8) is 0 Å². The summed E-state index contributed by atoms with van der Waals surface area (Å²) in [5, 5.41) is 14.5. The number of fused-ring (bicyclic) bond motifs is 5. The number of hydrogen-bond acceptors (Lipinski definition) is 18. The lowest BCUT2D eigenvalue weighted by atomic mass is 9.98. The quantitative estimate of drug-likeness (QED) is 0.141. The van der Waals surface area contributed by atoms with Gasteiger partial charge in [0, 0.05) is 53.3 Å². The number of benzene rings is 2. The molecule has 10 atom stereocenters. The Balaban J connectivity index is 1.22. The Morgan fingerprint density at radius 2 is 1.05 bits per heavy atom. The number of esters is 2. The van der Waals surface area contributed by atoms with E-state index in [0.29, 0.717) is 43.2 Å². The summed E-state index contributed by atoms with van der Waals surface area (Å²) in [7, 11) is 5.69. The molecule has 4 saturated heterocycles. The van der Waals surface area contributed by atoms with Gasteiger partial charge in [0.2, 0.25) is 47.3 Å². The fourth-order valence-corrected chi connectivity index (χ4v) is 13.2. The molecular weight excluding hydrogens is 1230 g/mol. The minimum atomic E-state index is -1.79. The zero-order chi connectivity index (χ0) is 70.3. The fourth-order valence-electron chi connectivity index (χ4n) is 13.2. The molecule has 10 amide bonds. The number of likely N-dealkylation sites (N-methyl/N-ethyl adjacent to an activating group) is 4. The smallest absolute Gasteiger partial charge is 0.329 e. The van der Waals surface area contributed by atoms with Crippen LogP contribution in [-0.4, -0.2) is 220 Å². The van der Waals surface area contributed by atoms with E-state index >= 15 is 19.2 Å². The SMILES string of the molecule is Cc1ccc(C(=O)N[C@@H]2C(=O)N[C@H](C(C)C)C(=O)N3CCC[C@H]3C(=O)N(C)CC(=O)N(C)[C@@H](C(C)C)C(=O)O[C@@H]2C)c2c1Oc1c(c(C(=O)N[C@@H]3C(=O)N[C@H](C(C)C)C(=O)N4CCC[C@H]4C(=O)N(C)CC(=O)N(C)[C@@H](C(C)C)C(=O)O[C@@H]3C)c3nc(CC(C)C)oc3c1C)N2. The van der Waals surface area contributed by atoms with E-state index in [1.165, 1.54) is 77.5 Å². The van der Waals surface area contributed by atoms with Crippen LogP contribution in [0.2, 0.25) is 0 Å². The molecule has 0 saturated carbocycles. The number of aryl methyl sites for hydroxylation is 2. The van der Waals surface area contributed by atoms with Gasteiger partial charge in [-0.3, -0.25) is 47.9 Å². The largest absolute Gasteiger partial charge is 0.458 e. The van der Waals surface area contributed by atoms with Crippen molar-refractivity contribution in [2.75, 3.05) is 59.7 Å². The third kappa shape index (κ3) is 14.7. The molecule has 28 heteroatoms. The van der Waals surface area contributed by atoms with Gasteiger partial charge < -0.3 is 74.6 Å². The zero-order valence-corrected chi connectivity index (χ0v) is 57.8. The highest BCUT2D eigenvalue weighted by Crippen LogP contribution is 2.51. The van der Waals surface area contributed by atoms with E-state index < -0.39 is 168 Å². The van der Waals surface area contributed by atoms with E-state index in [4.69, 9.17) is 23.6 Å². The summed E-state index contributed by atoms with van der Waals surface area (Å²) in [6.45, 7) is 23.2. The van der Waals surface area contributed by atoms with Crippen LogP contribution in [0.4, 0.5) is 11.4 Å². The van der Waals surface area contributed by atoms with Crippen molar-refractivity contribution >= 4 is 93.5 Å². The first kappa shape index (κ1) is 72.0. The Morgan fingerprint density at radius 1 is 0.600 bits per heavy atom. The molecule has 6 heterocycles. The number of hydrogen-bond donors (Lipinski definition) is 5. The fraction of sp³-hybridized carbons (Fsp3) is 0.627. The minimum Gasteiger partial charge on any atom is -0.458 e. The molecule has 5 aliphatic heterocycles. The topological polar surface area (TPSA) is 338 Å². The Kier molecular flexibility index (Phi) is 22.0. The molecule has 0 bridgehead atoms. The number of carbonyl (C=O) groups is 12. The maximum absolute atomic E-state index is 15.8. The van der Waals surface area contributed by atoms with Gasteiger partial charge in [-0.15, -0.1) is 0 Å². The zero-order valence-electron chi connectivity index (χ0n) is 57.8. The number of anilines is 2. The molecule has 1 aromatic heterocycles. The van der Waals surface area contributed by atoms with Gasteiger partial charge in [-0.25, -0.2) is 14.6 Å². The lowest BCUT2D eigenvalue weighted by Crippen LogP contribution is -2.61. The van der Waals surface area contributed by atoms with E-state index in [1.54, 1.807) is 75.3 Å². The van der Waals surface area contributed by atoms with Crippen molar-refractivity contribution in [1.29, 1.82) is 0 Å². The van der Waals surface area contributed by atoms with Crippen LogP contribution in [0.1, 0.15) is 147 Å². The Hall–Kier alpha value is -8.85. The number of amides is 10. The molecule has 0 spiro atoms. The molecule has 0 aliphatic carbocycles. The maximum Gasteiger partial charge on any atom is 0.329 e. The highest BCUT2D eigenvalue weighted by molar-refractivity contribution is 6.15. The third-order valence-electron chi connectivity index (χ3n) is 18.6. The van der Waals surface area contributed by atoms with Crippen LogP contribution < -0.4 is 31.3 Å². The van der Waals surface area contributed by atoms with Crippen molar-refractivity contribution in [3.05, 3.63) is 40.3 Å². The van der Waals surface area contributed by atoms with Gasteiger partial charge >= 0.3 is 11.9 Å². The van der Waals surface area contributed by atoms with Gasteiger partial charge in [0.15, 0.2) is 23.0 Å². The van der Waals surface area contributed by atoms with Crippen LogP contribution in [0.15, 0.2) is 16.5 Å². The van der Waals surface area contributed by atoms with Gasteiger partial charge in [0.1, 0.15) is 66.1 Å². The summed E-state index contributed by atoms with van der Waals surface area (Å²) in [4.78, 5) is 188. The molecule has 4 fully saturated rings. The molecule has 0 radical (unpaired) electrons. The number of oxazole rings is 1. The van der Waals surface area contributed by atoms with Crippen molar-refractivity contribution in [3.8, 4) is 11.5 Å². The molecule has 95 heavy (non-hydrogen) atoms. The van der Waals surface area contributed by atoms with Crippen molar-refractivity contribution in [2.45, 2.75) is 190 Å². The highest BCUT2D eigenvalue weighted by atomic mass is 16.6. The molecule has 5 aliphatic rings. The van der Waals surface area contributed by atoms with Gasteiger partial charge in [-0.1, -0.05) is 75.3 Å². The second kappa shape index (κ2) is 29.0. The lowest BCUT2D eigenvalue weighted by molar-refractivity contribution is -0.163. The normalized spacial score (nSPS) is 25.8. The summed E-state index contributed by atoms with van der Waals surface area (Å²) >= 11 is 0. The summed E-state index contributed by atoms with van der Waals surface area (Å²) in [6, 6.07) is -7.41. The van der Waals surface area contributed by atoms with Crippen LogP contribution in [0.25, 0.3) is 11.1 Å². The highest BCUT2D eigenvalue weighted by Gasteiger charge is 2.47. The number of rotatable bonds is 10. The van der Waals surface area contributed by atoms with Crippen LogP contribution in [-0.2, 0) is 63.8 Å². The second-order valence-electron chi connectivity index (χ2n) is 27.8. The first-order chi connectivity index (χ1) is 44.6. The van der Waals surface area contributed by atoms with Crippen LogP contribution in [0, 0.1) is 43.4 Å². The second-order valence-corrected chi connectivity index (χ2v) is 27.8. The van der Waals surface area contributed by atoms with Crippen LogP contribution >= 0.6 is 0 Å². The average Bonchev–Trinajstić information content (AvgIpc) is 1.67. The summed E-state index contributed by atoms with van der Waals surface area (Å²) in [5.74, 6) is -10.9. The Labute approximate surface area is 553 Å². The monoisotopic (exact) mass is 1320 g/mol. The lowest BCUT2D eigenvalue weighted by Gasteiger charge is -2.36. The molecular formula is C67H94N12O16. The molecule has 8 rings (SSSR count). The van der Waals surface area contributed by atoms with Gasteiger partial charge in [-0.2, -0.15) is 0 Å². The van der Waals surface area contributed by atoms with Gasteiger partial charge in [-0.05, 0) is 94.6 Å². The van der Waals surface area contributed by atoms with Gasteiger partial charge in [0.25, 0.3) is 11.8 Å². The van der Waals surface area contributed by atoms with Crippen molar-refractivity contribution < 1.29 is 76.2 Å². The number of nitrogens with one attached hydrogen (secondary N) is 5. The average molecular weight is 1320 g/mol. The van der Waals surface area contributed by atoms with Crippen LogP contribution in [0.5, 0.6) is 11.5 Å². The van der Waals surface area contributed by atoms with E-state index in [9.17, 15) is 38.4 Å². The Morgan fingerprint density at radius 3 is 1.48 bits per heavy atom. The van der Waals surface area contributed by atoms with Crippen molar-refractivity contribution in [2.24, 2.45) is 29.6 Å². The first-order valence-corrected chi connectivity index (χ1v) is 32.9. The number of nitrogens with zero attached hydrogens (tertiary/aromatic N) is 7. The maximum atomic E-state index is 15.8. The van der Waals surface area contributed by atoms with Gasteiger partial charge in [0.05, 0.1) is 35.6 Å². The number of carbonyl (C=O) groups excluding carboxylic acids is 12. The summed E-state index contributed by atoms with van der Waals surface area (Å²) in [6.07, 6.45) is -1.16. The third-order valence-corrected chi connectivity index (χ3v) is 18.6. The summed E-state index contributed by atoms with van der Waals surface area (Å²) in [5.41, 5.74) is 0.449. The van der Waals surface area contributed by atoms with Crippen LogP contribution in [0.3, 0.4) is 0 Å².